The highest BCUT2D eigenvalue weighted by Gasteiger charge is 2.10. The van der Waals surface area contributed by atoms with Gasteiger partial charge in [0.2, 0.25) is 0 Å². The molecule has 0 atom stereocenters. The van der Waals surface area contributed by atoms with Gasteiger partial charge in [-0.05, 0) is 73.2 Å². The van der Waals surface area contributed by atoms with Crippen LogP contribution in [0.4, 0.5) is 21.9 Å². The van der Waals surface area contributed by atoms with E-state index in [0.717, 1.165) is 5.56 Å². The summed E-state index contributed by atoms with van der Waals surface area (Å²) in [5.41, 5.74) is 3.13. The average molecular weight is 410 g/mol. The second kappa shape index (κ2) is 9.12. The van der Waals surface area contributed by atoms with Crippen LogP contribution >= 0.6 is 11.6 Å². The Hall–Kier alpha value is -3.51. The van der Waals surface area contributed by atoms with Gasteiger partial charge in [-0.3, -0.25) is 4.79 Å². The van der Waals surface area contributed by atoms with Crippen molar-refractivity contribution in [2.75, 3.05) is 23.1 Å². The highest BCUT2D eigenvalue weighted by molar-refractivity contribution is 6.30. The van der Waals surface area contributed by atoms with Crippen molar-refractivity contribution in [1.29, 1.82) is 0 Å². The number of anilines is 3. The fourth-order valence-corrected chi connectivity index (χ4v) is 2.72. The number of urea groups is 1. The van der Waals surface area contributed by atoms with E-state index in [0.29, 0.717) is 33.4 Å². The van der Waals surface area contributed by atoms with Crippen LogP contribution in [0.3, 0.4) is 0 Å². The van der Waals surface area contributed by atoms with E-state index in [4.69, 9.17) is 16.3 Å². The van der Waals surface area contributed by atoms with E-state index in [-0.39, 0.29) is 11.9 Å². The number of ether oxygens (including phenoxy) is 1. The van der Waals surface area contributed by atoms with Gasteiger partial charge in [0, 0.05) is 27.6 Å². The van der Waals surface area contributed by atoms with E-state index >= 15 is 0 Å². The van der Waals surface area contributed by atoms with Crippen molar-refractivity contribution >= 4 is 40.6 Å². The van der Waals surface area contributed by atoms with Gasteiger partial charge in [-0.25, -0.2) is 4.79 Å². The number of methoxy groups -OCH3 is 1. The highest BCUT2D eigenvalue weighted by Crippen LogP contribution is 2.22. The lowest BCUT2D eigenvalue weighted by atomic mass is 10.1. The van der Waals surface area contributed by atoms with Crippen LogP contribution in [0.25, 0.3) is 0 Å². The lowest BCUT2D eigenvalue weighted by molar-refractivity contribution is 0.102. The van der Waals surface area contributed by atoms with E-state index in [1.807, 2.05) is 13.0 Å². The first-order chi connectivity index (χ1) is 13.9. The van der Waals surface area contributed by atoms with Gasteiger partial charge in [-0.1, -0.05) is 17.7 Å². The van der Waals surface area contributed by atoms with Crippen molar-refractivity contribution in [2.24, 2.45) is 0 Å². The third-order valence-electron chi connectivity index (χ3n) is 4.20. The molecule has 0 aliphatic carbocycles. The first-order valence-electron chi connectivity index (χ1n) is 8.84. The topological polar surface area (TPSA) is 79.5 Å². The maximum Gasteiger partial charge on any atom is 0.323 e. The van der Waals surface area contributed by atoms with E-state index in [2.05, 4.69) is 16.0 Å². The molecule has 7 heteroatoms. The molecule has 0 spiro atoms. The summed E-state index contributed by atoms with van der Waals surface area (Å²) in [5.74, 6) is 0.440. The number of nitrogens with one attached hydrogen (secondary N) is 3. The Balaban J connectivity index is 1.67. The zero-order chi connectivity index (χ0) is 20.8. The molecule has 0 saturated carbocycles. The molecule has 0 unspecified atom stereocenters. The Morgan fingerprint density at radius 1 is 0.828 bits per heavy atom. The SMILES string of the molecule is COc1ccc(NC(=O)Nc2cc(NC(=O)c3ccc(Cl)cc3)ccc2C)cc1. The maximum atomic E-state index is 12.4. The molecular formula is C22H20ClN3O3. The number of rotatable bonds is 5. The first-order valence-corrected chi connectivity index (χ1v) is 9.22. The van der Waals surface area contributed by atoms with Crippen molar-refractivity contribution in [1.82, 2.24) is 0 Å². The van der Waals surface area contributed by atoms with E-state index in [1.54, 1.807) is 67.8 Å². The number of hydrogen-bond donors (Lipinski definition) is 3. The molecule has 0 bridgehead atoms. The van der Waals surface area contributed by atoms with Crippen LogP contribution in [-0.2, 0) is 0 Å². The normalized spacial score (nSPS) is 10.2. The van der Waals surface area contributed by atoms with Crippen LogP contribution in [0.2, 0.25) is 5.02 Å². The summed E-state index contributed by atoms with van der Waals surface area (Å²) in [5, 5.41) is 8.93. The van der Waals surface area contributed by atoms with Crippen molar-refractivity contribution in [3.63, 3.8) is 0 Å². The molecule has 3 rings (SSSR count). The van der Waals surface area contributed by atoms with Crippen molar-refractivity contribution in [3.05, 3.63) is 82.9 Å². The molecule has 0 aliphatic rings. The summed E-state index contributed by atoms with van der Waals surface area (Å²) in [4.78, 5) is 24.7. The van der Waals surface area contributed by atoms with Crippen LogP contribution in [0.15, 0.2) is 66.7 Å². The first kappa shape index (κ1) is 20.2. The van der Waals surface area contributed by atoms with Gasteiger partial charge in [-0.15, -0.1) is 0 Å². The molecule has 6 nitrogen and oxygen atoms in total. The molecule has 3 amide bonds. The molecule has 0 radical (unpaired) electrons. The predicted octanol–water partition coefficient (Wildman–Crippen LogP) is 5.55. The van der Waals surface area contributed by atoms with Gasteiger partial charge < -0.3 is 20.7 Å². The molecule has 3 aromatic carbocycles. The molecule has 0 heterocycles. The number of hydrogen-bond acceptors (Lipinski definition) is 3. The number of aryl methyl sites for hydroxylation is 1. The van der Waals surface area contributed by atoms with Gasteiger partial charge in [0.25, 0.3) is 5.91 Å². The lowest BCUT2D eigenvalue weighted by Gasteiger charge is -2.13. The van der Waals surface area contributed by atoms with E-state index in [1.165, 1.54) is 0 Å². The molecule has 148 valence electrons. The van der Waals surface area contributed by atoms with Crippen LogP contribution < -0.4 is 20.7 Å². The zero-order valence-corrected chi connectivity index (χ0v) is 16.7. The minimum atomic E-state index is -0.389. The van der Waals surface area contributed by atoms with Crippen LogP contribution in [0.5, 0.6) is 5.75 Å². The molecule has 0 aromatic heterocycles. The monoisotopic (exact) mass is 409 g/mol. The van der Waals surface area contributed by atoms with Crippen molar-refractivity contribution in [3.8, 4) is 5.75 Å². The number of carbonyl (C=O) groups is 2. The number of halogens is 1. The Morgan fingerprint density at radius 2 is 1.48 bits per heavy atom. The summed E-state index contributed by atoms with van der Waals surface area (Å²) < 4.78 is 5.10. The molecule has 0 saturated heterocycles. The summed E-state index contributed by atoms with van der Waals surface area (Å²) in [6.07, 6.45) is 0. The minimum Gasteiger partial charge on any atom is -0.497 e. The standard InChI is InChI=1S/C22H20ClN3O3/c1-14-3-8-18(24-21(27)15-4-6-16(23)7-5-15)13-20(14)26-22(28)25-17-9-11-19(29-2)12-10-17/h3-13H,1-2H3,(H,24,27)(H2,25,26,28). The third kappa shape index (κ3) is 5.49. The second-order valence-corrected chi connectivity index (χ2v) is 6.73. The van der Waals surface area contributed by atoms with Crippen molar-refractivity contribution < 1.29 is 14.3 Å². The smallest absolute Gasteiger partial charge is 0.323 e. The summed E-state index contributed by atoms with van der Waals surface area (Å²) in [7, 11) is 1.58. The predicted molar refractivity (Wildman–Crippen MR) is 116 cm³/mol. The molecule has 3 aromatic rings. The summed E-state index contributed by atoms with van der Waals surface area (Å²) >= 11 is 5.85. The molecule has 3 N–H and O–H groups in total. The van der Waals surface area contributed by atoms with Gasteiger partial charge in [0.1, 0.15) is 5.75 Å². The average Bonchev–Trinajstić information content (AvgIpc) is 2.71. The second-order valence-electron chi connectivity index (χ2n) is 6.30. The molecule has 0 aliphatic heterocycles. The van der Waals surface area contributed by atoms with Gasteiger partial charge >= 0.3 is 6.03 Å². The Morgan fingerprint density at radius 3 is 2.14 bits per heavy atom. The molecule has 29 heavy (non-hydrogen) atoms. The van der Waals surface area contributed by atoms with Gasteiger partial charge in [0.15, 0.2) is 0 Å². The lowest BCUT2D eigenvalue weighted by Crippen LogP contribution is -2.20. The van der Waals surface area contributed by atoms with Gasteiger partial charge in [0.05, 0.1) is 7.11 Å². The van der Waals surface area contributed by atoms with Gasteiger partial charge in [-0.2, -0.15) is 0 Å². The van der Waals surface area contributed by atoms with E-state index in [9.17, 15) is 9.59 Å². The van der Waals surface area contributed by atoms with Crippen LogP contribution in [-0.4, -0.2) is 19.0 Å². The van der Waals surface area contributed by atoms with Crippen LogP contribution in [0.1, 0.15) is 15.9 Å². The number of amides is 3. The fraction of sp³-hybridized carbons (Fsp3) is 0.0909. The highest BCUT2D eigenvalue weighted by atomic mass is 35.5. The maximum absolute atomic E-state index is 12.4. The quantitative estimate of drug-likeness (QED) is 0.516. The molecular weight excluding hydrogens is 390 g/mol. The summed E-state index contributed by atoms with van der Waals surface area (Å²) in [6, 6.07) is 18.5. The van der Waals surface area contributed by atoms with Crippen LogP contribution in [0, 0.1) is 6.92 Å². The third-order valence-corrected chi connectivity index (χ3v) is 4.45. The zero-order valence-electron chi connectivity index (χ0n) is 16.0. The minimum absolute atomic E-state index is 0.265. The fourth-order valence-electron chi connectivity index (χ4n) is 2.60. The van der Waals surface area contributed by atoms with E-state index < -0.39 is 0 Å². The summed E-state index contributed by atoms with van der Waals surface area (Å²) in [6.45, 7) is 1.87. The Bertz CT molecular complexity index is 1020. The Labute approximate surface area is 173 Å². The molecule has 0 fully saturated rings. The number of carbonyl (C=O) groups excluding carboxylic acids is 2. The van der Waals surface area contributed by atoms with Crippen molar-refractivity contribution in [2.45, 2.75) is 6.92 Å². The number of benzene rings is 3. The largest absolute Gasteiger partial charge is 0.497 e. The Kier molecular flexibility index (Phi) is 6.36.